The highest BCUT2D eigenvalue weighted by molar-refractivity contribution is 5.85. The fourth-order valence-electron chi connectivity index (χ4n) is 3.52. The Kier molecular flexibility index (Phi) is 6.89. The first-order valence-electron chi connectivity index (χ1n) is 8.50. The molecule has 1 atom stereocenters. The number of halogens is 1. The van der Waals surface area contributed by atoms with Gasteiger partial charge in [0.05, 0.1) is 20.8 Å². The Labute approximate surface area is 160 Å². The number of aliphatic hydroxyl groups is 2. The first-order chi connectivity index (χ1) is 12.1. The van der Waals surface area contributed by atoms with Gasteiger partial charge in [-0.2, -0.15) is 0 Å². The molecule has 26 heavy (non-hydrogen) atoms. The SMILES string of the molecule is COc1cc2c(cc1OC)C(O)(CO)N(Cc1ccccc1)CCC2.Cl. The van der Waals surface area contributed by atoms with Crippen LogP contribution >= 0.6 is 12.4 Å². The molecule has 1 aliphatic heterocycles. The number of rotatable bonds is 5. The Morgan fingerprint density at radius 3 is 2.35 bits per heavy atom. The van der Waals surface area contributed by atoms with Crippen molar-refractivity contribution in [2.24, 2.45) is 0 Å². The molecule has 0 saturated heterocycles. The maximum atomic E-state index is 11.4. The molecule has 1 heterocycles. The summed E-state index contributed by atoms with van der Waals surface area (Å²) in [6.07, 6.45) is 1.70. The lowest BCUT2D eigenvalue weighted by Gasteiger charge is -2.38. The minimum absolute atomic E-state index is 0. The van der Waals surface area contributed by atoms with Crippen molar-refractivity contribution in [3.05, 3.63) is 59.2 Å². The van der Waals surface area contributed by atoms with Crippen molar-refractivity contribution in [3.63, 3.8) is 0 Å². The molecule has 1 unspecified atom stereocenters. The first kappa shape index (κ1) is 20.5. The molecule has 5 nitrogen and oxygen atoms in total. The molecule has 0 radical (unpaired) electrons. The van der Waals surface area contributed by atoms with Crippen molar-refractivity contribution in [3.8, 4) is 11.5 Å². The lowest BCUT2D eigenvalue weighted by Crippen LogP contribution is -2.48. The average Bonchev–Trinajstić information content (AvgIpc) is 2.79. The zero-order valence-electron chi connectivity index (χ0n) is 15.1. The Morgan fingerprint density at radius 2 is 1.73 bits per heavy atom. The molecule has 0 bridgehead atoms. The van der Waals surface area contributed by atoms with Gasteiger partial charge in [-0.25, -0.2) is 0 Å². The molecular weight excluding hydrogens is 354 g/mol. The van der Waals surface area contributed by atoms with Gasteiger partial charge >= 0.3 is 0 Å². The van der Waals surface area contributed by atoms with Gasteiger partial charge in [0.25, 0.3) is 0 Å². The maximum Gasteiger partial charge on any atom is 0.168 e. The van der Waals surface area contributed by atoms with Crippen LogP contribution in [0.4, 0.5) is 0 Å². The number of methoxy groups -OCH3 is 2. The molecule has 3 rings (SSSR count). The van der Waals surface area contributed by atoms with Gasteiger partial charge in [-0.3, -0.25) is 4.90 Å². The topological polar surface area (TPSA) is 62.2 Å². The third kappa shape index (κ3) is 3.81. The Morgan fingerprint density at radius 1 is 1.08 bits per heavy atom. The standard InChI is InChI=1S/C20H25NO4.ClH/c1-24-18-11-16-9-6-10-21(13-15-7-4-3-5-8-15)20(23,14-22)17(16)12-19(18)25-2;/h3-5,7-8,11-12,22-23H,6,9-10,13-14H2,1-2H3;1H. The molecule has 6 heteroatoms. The van der Waals surface area contributed by atoms with E-state index in [1.54, 1.807) is 20.3 Å². The van der Waals surface area contributed by atoms with Crippen LogP contribution in [-0.4, -0.2) is 42.5 Å². The summed E-state index contributed by atoms with van der Waals surface area (Å²) in [5, 5.41) is 21.5. The van der Waals surface area contributed by atoms with Gasteiger partial charge in [0.2, 0.25) is 0 Å². The molecule has 2 N–H and O–H groups in total. The second-order valence-electron chi connectivity index (χ2n) is 6.35. The zero-order valence-corrected chi connectivity index (χ0v) is 16.0. The van der Waals surface area contributed by atoms with Crippen LogP contribution in [0.1, 0.15) is 23.1 Å². The van der Waals surface area contributed by atoms with Crippen molar-refractivity contribution in [1.29, 1.82) is 0 Å². The van der Waals surface area contributed by atoms with Crippen molar-refractivity contribution < 1.29 is 19.7 Å². The van der Waals surface area contributed by atoms with E-state index < -0.39 is 5.72 Å². The second-order valence-corrected chi connectivity index (χ2v) is 6.35. The monoisotopic (exact) mass is 379 g/mol. The van der Waals surface area contributed by atoms with Crippen LogP contribution in [0.2, 0.25) is 0 Å². The van der Waals surface area contributed by atoms with E-state index in [9.17, 15) is 10.2 Å². The molecule has 0 aliphatic carbocycles. The van der Waals surface area contributed by atoms with E-state index >= 15 is 0 Å². The van der Waals surface area contributed by atoms with Crippen molar-refractivity contribution in [2.45, 2.75) is 25.1 Å². The number of hydrogen-bond donors (Lipinski definition) is 2. The van der Waals surface area contributed by atoms with Crippen LogP contribution in [-0.2, 0) is 18.7 Å². The normalized spacial score (nSPS) is 19.8. The molecule has 0 amide bonds. The lowest BCUT2D eigenvalue weighted by atomic mass is 9.94. The quantitative estimate of drug-likeness (QED) is 0.836. The van der Waals surface area contributed by atoms with E-state index in [1.807, 2.05) is 41.3 Å². The summed E-state index contributed by atoms with van der Waals surface area (Å²) in [6.45, 7) is 0.860. The predicted molar refractivity (Wildman–Crippen MR) is 103 cm³/mol. The molecule has 2 aromatic carbocycles. The summed E-state index contributed by atoms with van der Waals surface area (Å²) in [5.74, 6) is 1.19. The van der Waals surface area contributed by atoms with Crippen LogP contribution in [0.15, 0.2) is 42.5 Å². The number of benzene rings is 2. The van der Waals surface area contributed by atoms with Gasteiger partial charge in [-0.1, -0.05) is 30.3 Å². The molecule has 0 aromatic heterocycles. The third-order valence-corrected chi connectivity index (χ3v) is 4.87. The molecule has 1 aliphatic rings. The van der Waals surface area contributed by atoms with Gasteiger partial charge in [0.1, 0.15) is 0 Å². The number of fused-ring (bicyclic) bond motifs is 1. The number of nitrogens with zero attached hydrogens (tertiary/aromatic N) is 1. The molecular formula is C20H26ClNO4. The summed E-state index contributed by atoms with van der Waals surface area (Å²) in [6, 6.07) is 13.7. The van der Waals surface area contributed by atoms with Crippen molar-refractivity contribution in [1.82, 2.24) is 4.90 Å². The van der Waals surface area contributed by atoms with Crippen molar-refractivity contribution >= 4 is 12.4 Å². The smallest absolute Gasteiger partial charge is 0.168 e. The number of ether oxygens (including phenoxy) is 2. The second kappa shape index (κ2) is 8.73. The van der Waals surface area contributed by atoms with Gasteiger partial charge in [-0.05, 0) is 36.1 Å². The average molecular weight is 380 g/mol. The zero-order chi connectivity index (χ0) is 17.9. The van der Waals surface area contributed by atoms with E-state index in [4.69, 9.17) is 9.47 Å². The van der Waals surface area contributed by atoms with E-state index in [0.29, 0.717) is 30.2 Å². The number of hydrogen-bond acceptors (Lipinski definition) is 5. The minimum atomic E-state index is -1.46. The van der Waals surface area contributed by atoms with Crippen LogP contribution in [0.3, 0.4) is 0 Å². The molecule has 0 saturated carbocycles. The van der Waals surface area contributed by atoms with Crippen LogP contribution in [0, 0.1) is 0 Å². The number of aryl methyl sites for hydroxylation is 1. The highest BCUT2D eigenvalue weighted by Crippen LogP contribution is 2.39. The van der Waals surface area contributed by atoms with Gasteiger partial charge in [0, 0.05) is 18.7 Å². The molecule has 0 fully saturated rings. The summed E-state index contributed by atoms with van der Waals surface area (Å²) >= 11 is 0. The fraction of sp³-hybridized carbons (Fsp3) is 0.400. The van der Waals surface area contributed by atoms with Gasteiger partial charge < -0.3 is 19.7 Å². The largest absolute Gasteiger partial charge is 0.493 e. The molecule has 142 valence electrons. The van der Waals surface area contributed by atoms with Crippen LogP contribution in [0.25, 0.3) is 0 Å². The van der Waals surface area contributed by atoms with E-state index in [1.165, 1.54) is 0 Å². The first-order valence-corrected chi connectivity index (χ1v) is 8.50. The number of aliphatic hydroxyl groups excluding tert-OH is 1. The fourth-order valence-corrected chi connectivity index (χ4v) is 3.52. The Bertz CT molecular complexity index is 725. The summed E-state index contributed by atoms with van der Waals surface area (Å²) in [4.78, 5) is 1.93. The summed E-state index contributed by atoms with van der Waals surface area (Å²) in [7, 11) is 3.17. The maximum absolute atomic E-state index is 11.4. The van der Waals surface area contributed by atoms with Crippen LogP contribution in [0.5, 0.6) is 11.5 Å². The summed E-state index contributed by atoms with van der Waals surface area (Å²) in [5.41, 5.74) is 1.30. The molecule has 0 spiro atoms. The van der Waals surface area contributed by atoms with Gasteiger partial charge in [0.15, 0.2) is 17.2 Å². The van der Waals surface area contributed by atoms with Gasteiger partial charge in [-0.15, -0.1) is 12.4 Å². The summed E-state index contributed by atoms with van der Waals surface area (Å²) < 4.78 is 10.8. The predicted octanol–water partition coefficient (Wildman–Crippen LogP) is 2.71. The Balaban J connectivity index is 0.00000243. The highest BCUT2D eigenvalue weighted by Gasteiger charge is 2.40. The molecule has 2 aromatic rings. The lowest BCUT2D eigenvalue weighted by molar-refractivity contribution is -0.149. The Hall–Kier alpha value is -1.79. The van der Waals surface area contributed by atoms with Crippen LogP contribution < -0.4 is 9.47 Å². The van der Waals surface area contributed by atoms with Crippen molar-refractivity contribution in [2.75, 3.05) is 27.4 Å². The third-order valence-electron chi connectivity index (χ3n) is 4.87. The van der Waals surface area contributed by atoms with E-state index in [-0.39, 0.29) is 19.0 Å². The highest BCUT2D eigenvalue weighted by atomic mass is 35.5. The van der Waals surface area contributed by atoms with E-state index in [0.717, 1.165) is 24.0 Å². The van der Waals surface area contributed by atoms with E-state index in [2.05, 4.69) is 0 Å². The minimum Gasteiger partial charge on any atom is -0.493 e.